The van der Waals surface area contributed by atoms with Crippen molar-refractivity contribution in [2.45, 2.75) is 19.9 Å². The van der Waals surface area contributed by atoms with E-state index in [-0.39, 0.29) is 33.8 Å². The number of allylic oxidation sites excluding steroid dienone is 1. The van der Waals surface area contributed by atoms with Crippen LogP contribution in [-0.2, 0) is 14.3 Å². The zero-order valence-electron chi connectivity index (χ0n) is 20.3. The van der Waals surface area contributed by atoms with Gasteiger partial charge in [-0.3, -0.25) is 14.2 Å². The van der Waals surface area contributed by atoms with Crippen LogP contribution in [0.5, 0.6) is 11.5 Å². The third kappa shape index (κ3) is 5.14. The maximum atomic E-state index is 14.3. The zero-order chi connectivity index (χ0) is 26.7. The number of methoxy groups -OCH3 is 1. The Hall–Kier alpha value is -4.31. The molecule has 3 aromatic rings. The SMILES string of the molecule is C=CCOC(=O)C1=C(C)N=c2s/c(=C\c3ccccc3F)c(=O)n2C1c1ccc(OC(C)=O)c(OC)c1. The molecule has 1 aliphatic rings. The minimum atomic E-state index is -0.934. The van der Waals surface area contributed by atoms with E-state index in [9.17, 15) is 18.8 Å². The molecule has 0 fully saturated rings. The van der Waals surface area contributed by atoms with Gasteiger partial charge in [0.05, 0.1) is 29.0 Å². The Bertz CT molecular complexity index is 1620. The molecule has 0 spiro atoms. The van der Waals surface area contributed by atoms with Crippen LogP contribution in [0.4, 0.5) is 4.39 Å². The molecule has 0 saturated heterocycles. The van der Waals surface area contributed by atoms with E-state index in [4.69, 9.17) is 14.2 Å². The van der Waals surface area contributed by atoms with Crippen molar-refractivity contribution in [1.29, 1.82) is 0 Å². The second-order valence-electron chi connectivity index (χ2n) is 7.99. The Balaban J connectivity index is 1.96. The monoisotopic (exact) mass is 522 g/mol. The number of ether oxygens (including phenoxy) is 3. The quantitative estimate of drug-likeness (QED) is 0.269. The molecule has 1 atom stereocenters. The van der Waals surface area contributed by atoms with Gasteiger partial charge in [-0.25, -0.2) is 14.2 Å². The fourth-order valence-electron chi connectivity index (χ4n) is 3.94. The van der Waals surface area contributed by atoms with E-state index in [0.29, 0.717) is 16.1 Å². The number of benzene rings is 2. The number of hydrogen-bond donors (Lipinski definition) is 0. The smallest absolute Gasteiger partial charge is 0.338 e. The van der Waals surface area contributed by atoms with Crippen LogP contribution < -0.4 is 24.4 Å². The van der Waals surface area contributed by atoms with Crippen molar-refractivity contribution in [3.8, 4) is 11.5 Å². The molecule has 8 nitrogen and oxygen atoms in total. The molecular weight excluding hydrogens is 499 g/mol. The highest BCUT2D eigenvalue weighted by atomic mass is 32.1. The first-order valence-corrected chi connectivity index (χ1v) is 12.0. The fraction of sp³-hybridized carbons (Fsp3) is 0.185. The minimum Gasteiger partial charge on any atom is -0.493 e. The fourth-order valence-corrected chi connectivity index (χ4v) is 4.97. The van der Waals surface area contributed by atoms with Gasteiger partial charge in [0.1, 0.15) is 12.4 Å². The number of aromatic nitrogens is 1. The zero-order valence-corrected chi connectivity index (χ0v) is 21.1. The lowest BCUT2D eigenvalue weighted by atomic mass is 9.95. The van der Waals surface area contributed by atoms with Crippen molar-refractivity contribution in [1.82, 2.24) is 4.57 Å². The molecule has 0 N–H and O–H groups in total. The van der Waals surface area contributed by atoms with Gasteiger partial charge in [0.2, 0.25) is 0 Å². The summed E-state index contributed by atoms with van der Waals surface area (Å²) in [5.41, 5.74) is 0.792. The molecule has 1 aliphatic heterocycles. The second-order valence-corrected chi connectivity index (χ2v) is 9.00. The lowest BCUT2D eigenvalue weighted by Crippen LogP contribution is -2.40. The summed E-state index contributed by atoms with van der Waals surface area (Å²) in [5, 5.41) is 0. The topological polar surface area (TPSA) is 96.2 Å². The summed E-state index contributed by atoms with van der Waals surface area (Å²) in [4.78, 5) is 43.1. The lowest BCUT2D eigenvalue weighted by Gasteiger charge is -2.25. The van der Waals surface area contributed by atoms with Gasteiger partial charge in [0.25, 0.3) is 5.56 Å². The molecule has 0 radical (unpaired) electrons. The highest BCUT2D eigenvalue weighted by molar-refractivity contribution is 7.07. The first-order valence-electron chi connectivity index (χ1n) is 11.2. The lowest BCUT2D eigenvalue weighted by molar-refractivity contribution is -0.138. The van der Waals surface area contributed by atoms with Crippen molar-refractivity contribution < 1.29 is 28.2 Å². The van der Waals surface area contributed by atoms with Crippen molar-refractivity contribution in [3.63, 3.8) is 0 Å². The summed E-state index contributed by atoms with van der Waals surface area (Å²) in [6, 6.07) is 9.89. The third-order valence-corrected chi connectivity index (χ3v) is 6.51. The molecule has 0 saturated carbocycles. The normalized spacial score (nSPS) is 15.0. The number of nitrogens with zero attached hydrogens (tertiary/aromatic N) is 2. The number of thiazole rings is 1. The average molecular weight is 523 g/mol. The highest BCUT2D eigenvalue weighted by Crippen LogP contribution is 2.36. The number of esters is 2. The molecule has 0 amide bonds. The Kier molecular flexibility index (Phi) is 7.49. The molecule has 0 aliphatic carbocycles. The van der Waals surface area contributed by atoms with Gasteiger partial charge in [-0.05, 0) is 36.8 Å². The number of hydrogen-bond acceptors (Lipinski definition) is 8. The number of rotatable bonds is 7. The van der Waals surface area contributed by atoms with Gasteiger partial charge in [-0.1, -0.05) is 48.3 Å². The van der Waals surface area contributed by atoms with Gasteiger partial charge in [-0.15, -0.1) is 0 Å². The Morgan fingerprint density at radius 3 is 2.65 bits per heavy atom. The van der Waals surface area contributed by atoms with E-state index in [0.717, 1.165) is 11.3 Å². The number of fused-ring (bicyclic) bond motifs is 1. The van der Waals surface area contributed by atoms with Crippen molar-refractivity contribution in [2.75, 3.05) is 13.7 Å². The number of halogens is 1. The second kappa shape index (κ2) is 10.8. The van der Waals surface area contributed by atoms with Gasteiger partial charge >= 0.3 is 11.9 Å². The summed E-state index contributed by atoms with van der Waals surface area (Å²) in [7, 11) is 1.41. The van der Waals surface area contributed by atoms with Crippen LogP contribution in [0.15, 0.2) is 76.2 Å². The maximum absolute atomic E-state index is 14.3. The summed E-state index contributed by atoms with van der Waals surface area (Å²) >= 11 is 1.08. The van der Waals surface area contributed by atoms with E-state index >= 15 is 0 Å². The molecule has 4 rings (SSSR count). The Labute approximate surface area is 215 Å². The van der Waals surface area contributed by atoms with Gasteiger partial charge in [0.15, 0.2) is 16.3 Å². The molecule has 37 heavy (non-hydrogen) atoms. The standard InChI is InChI=1S/C27H23FN2O6S/c1-5-12-35-26(33)23-15(2)29-27-30(25(32)22(37-27)14-17-8-6-7-9-19(17)28)24(23)18-10-11-20(36-16(3)31)21(13-18)34-4/h5-11,13-14,24H,1,12H2,2-4H3/b22-14-. The van der Waals surface area contributed by atoms with Crippen LogP contribution in [0.3, 0.4) is 0 Å². The van der Waals surface area contributed by atoms with Crippen molar-refractivity contribution in [3.05, 3.63) is 103 Å². The molecule has 1 unspecified atom stereocenters. The maximum Gasteiger partial charge on any atom is 0.338 e. The van der Waals surface area contributed by atoms with Gasteiger partial charge < -0.3 is 14.2 Å². The third-order valence-electron chi connectivity index (χ3n) is 5.52. The minimum absolute atomic E-state index is 0.0330. The Morgan fingerprint density at radius 2 is 1.97 bits per heavy atom. The first kappa shape index (κ1) is 25.8. The van der Waals surface area contributed by atoms with Crippen LogP contribution in [-0.4, -0.2) is 30.2 Å². The average Bonchev–Trinajstić information content (AvgIpc) is 3.17. The summed E-state index contributed by atoms with van der Waals surface area (Å²) in [6.45, 7) is 6.45. The van der Waals surface area contributed by atoms with Crippen LogP contribution in [0.2, 0.25) is 0 Å². The van der Waals surface area contributed by atoms with Crippen LogP contribution in [0.1, 0.15) is 31.0 Å². The highest BCUT2D eigenvalue weighted by Gasteiger charge is 2.34. The van der Waals surface area contributed by atoms with Crippen molar-refractivity contribution in [2.24, 2.45) is 4.99 Å². The van der Waals surface area contributed by atoms with E-state index < -0.39 is 29.4 Å². The van der Waals surface area contributed by atoms with E-state index in [2.05, 4.69) is 11.6 Å². The molecule has 2 aromatic carbocycles. The number of carbonyl (C=O) groups excluding carboxylic acids is 2. The molecule has 190 valence electrons. The van der Waals surface area contributed by atoms with Crippen molar-refractivity contribution >= 4 is 29.4 Å². The van der Waals surface area contributed by atoms with E-state index in [1.165, 1.54) is 42.9 Å². The van der Waals surface area contributed by atoms with Gasteiger partial charge in [0, 0.05) is 12.5 Å². The van der Waals surface area contributed by atoms with E-state index in [1.54, 1.807) is 37.3 Å². The van der Waals surface area contributed by atoms with Crippen LogP contribution >= 0.6 is 11.3 Å². The van der Waals surface area contributed by atoms with Crippen LogP contribution in [0.25, 0.3) is 6.08 Å². The predicted octanol–water partition coefficient (Wildman–Crippen LogP) is 3.04. The van der Waals surface area contributed by atoms with Crippen LogP contribution in [0, 0.1) is 5.82 Å². The first-order chi connectivity index (χ1) is 17.7. The van der Waals surface area contributed by atoms with Gasteiger partial charge in [-0.2, -0.15) is 0 Å². The van der Waals surface area contributed by atoms with E-state index in [1.807, 2.05) is 0 Å². The predicted molar refractivity (Wildman–Crippen MR) is 136 cm³/mol. The number of carbonyl (C=O) groups is 2. The molecular formula is C27H23FN2O6S. The summed E-state index contributed by atoms with van der Waals surface area (Å²) in [5.74, 6) is -1.26. The summed E-state index contributed by atoms with van der Waals surface area (Å²) < 4.78 is 31.8. The molecule has 10 heteroatoms. The molecule has 2 heterocycles. The summed E-state index contributed by atoms with van der Waals surface area (Å²) in [6.07, 6.45) is 2.89. The molecule has 0 bridgehead atoms. The largest absolute Gasteiger partial charge is 0.493 e. The molecule has 1 aromatic heterocycles. The Morgan fingerprint density at radius 1 is 1.22 bits per heavy atom.